The molecule has 0 aliphatic rings. The summed E-state index contributed by atoms with van der Waals surface area (Å²) in [6.07, 6.45) is 0. The molecule has 0 unspecified atom stereocenters. The molecule has 0 fully saturated rings. The largest absolute Gasteiger partial charge is 1.00 e. The molecule has 3 rings (SSSR count). The van der Waals surface area contributed by atoms with Crippen LogP contribution in [0, 0.1) is 0 Å². The molecule has 0 aliphatic carbocycles. The molecule has 3 aromatic carbocycles. The fraction of sp³-hybridized carbons (Fsp3) is 0.174. The molecule has 0 radical (unpaired) electrons. The van der Waals surface area contributed by atoms with Gasteiger partial charge in [0.05, 0.1) is 6.04 Å². The summed E-state index contributed by atoms with van der Waals surface area (Å²) in [6, 6.07) is 31.0. The van der Waals surface area contributed by atoms with E-state index in [1.807, 2.05) is 42.5 Å². The van der Waals surface area contributed by atoms with Crippen LogP contribution in [-0.4, -0.2) is 0 Å². The van der Waals surface area contributed by atoms with Gasteiger partial charge in [0, 0.05) is 5.36 Å². The van der Waals surface area contributed by atoms with Crippen molar-refractivity contribution in [3.05, 3.63) is 113 Å². The van der Waals surface area contributed by atoms with Crippen molar-refractivity contribution in [3.63, 3.8) is 0 Å². The van der Waals surface area contributed by atoms with Crippen molar-refractivity contribution in [3.8, 4) is 0 Å². The van der Waals surface area contributed by atoms with E-state index in [4.69, 9.17) is 10.3 Å². The monoisotopic (exact) mass is 334 g/mol. The van der Waals surface area contributed by atoms with E-state index in [-0.39, 0.29) is 30.9 Å². The normalized spacial score (nSPS) is 13.4. The number of rotatable bonds is 5. The van der Waals surface area contributed by atoms with Crippen LogP contribution in [0.1, 0.15) is 37.1 Å². The minimum absolute atomic E-state index is 0. The van der Waals surface area contributed by atoms with Crippen molar-refractivity contribution in [2.75, 3.05) is 0 Å². The fourth-order valence-electron chi connectivity index (χ4n) is 2.78. The molecule has 0 N–H and O–H groups in total. The average Bonchev–Trinajstić information content (AvgIpc) is 2.88. The van der Waals surface area contributed by atoms with E-state index < -0.39 is 0 Å². The molecule has 0 amide bonds. The van der Waals surface area contributed by atoms with Gasteiger partial charge in [-0.25, -0.2) is 0 Å². The Morgan fingerprint density at radius 3 is 1.77 bits per heavy atom. The standard InChI is InChI=1S/C23H23N2.Li/c1-18(20-12-6-3-7-13-20)24-22-16-10-5-11-17-23(22)25-19(2)21-14-8-4-9-15-21;/h3-19H,1-2H3;/q-1;+1/t18-,19-;/m1./s1. The molecular weight excluding hydrogens is 311 g/mol. The molecule has 126 valence electrons. The third-order valence-corrected chi connectivity index (χ3v) is 4.22. The van der Waals surface area contributed by atoms with E-state index in [1.54, 1.807) is 0 Å². The summed E-state index contributed by atoms with van der Waals surface area (Å²) in [5.74, 6) is 0. The van der Waals surface area contributed by atoms with E-state index in [1.165, 1.54) is 11.1 Å². The van der Waals surface area contributed by atoms with Crippen molar-refractivity contribution in [2.45, 2.75) is 25.9 Å². The topological polar surface area (TPSA) is 26.5 Å². The molecule has 26 heavy (non-hydrogen) atoms. The summed E-state index contributed by atoms with van der Waals surface area (Å²) in [5, 5.41) is 5.84. The molecule has 3 aromatic rings. The Labute approximate surface area is 168 Å². The van der Waals surface area contributed by atoms with Gasteiger partial charge in [-0.15, -0.1) is 5.69 Å². The predicted molar refractivity (Wildman–Crippen MR) is 105 cm³/mol. The van der Waals surface area contributed by atoms with Crippen molar-refractivity contribution >= 4 is 5.69 Å². The maximum absolute atomic E-state index is 4.92. The van der Waals surface area contributed by atoms with Gasteiger partial charge in [0.15, 0.2) is 0 Å². The zero-order chi connectivity index (χ0) is 17.5. The van der Waals surface area contributed by atoms with Crippen molar-refractivity contribution in [1.29, 1.82) is 0 Å². The number of hydrogen-bond donors (Lipinski definition) is 0. The van der Waals surface area contributed by atoms with Crippen molar-refractivity contribution < 1.29 is 18.9 Å². The molecule has 0 spiro atoms. The van der Waals surface area contributed by atoms with Crippen LogP contribution in [0.15, 0.2) is 96.0 Å². The summed E-state index contributed by atoms with van der Waals surface area (Å²) in [5.41, 5.74) is 3.33. The van der Waals surface area contributed by atoms with Gasteiger partial charge in [-0.1, -0.05) is 103 Å². The van der Waals surface area contributed by atoms with Crippen LogP contribution in [0.25, 0.3) is 5.32 Å². The third-order valence-electron chi connectivity index (χ3n) is 4.22. The Morgan fingerprint density at radius 1 is 0.654 bits per heavy atom. The maximum Gasteiger partial charge on any atom is 1.00 e. The van der Waals surface area contributed by atoms with E-state index in [0.717, 1.165) is 11.0 Å². The van der Waals surface area contributed by atoms with Crippen molar-refractivity contribution in [2.24, 2.45) is 4.99 Å². The van der Waals surface area contributed by atoms with Crippen LogP contribution >= 0.6 is 0 Å². The van der Waals surface area contributed by atoms with Gasteiger partial charge in [-0.05, 0) is 18.6 Å². The second-order valence-electron chi connectivity index (χ2n) is 6.11. The van der Waals surface area contributed by atoms with E-state index in [0.29, 0.717) is 0 Å². The summed E-state index contributed by atoms with van der Waals surface area (Å²) in [6.45, 7) is 4.24. The van der Waals surface area contributed by atoms with Crippen molar-refractivity contribution in [1.82, 2.24) is 0 Å². The second kappa shape index (κ2) is 10.0. The molecule has 0 bridgehead atoms. The Morgan fingerprint density at radius 2 is 1.15 bits per heavy atom. The average molecular weight is 334 g/mol. The first-order valence-corrected chi connectivity index (χ1v) is 8.68. The van der Waals surface area contributed by atoms with Gasteiger partial charge in [0.2, 0.25) is 0 Å². The molecule has 0 saturated heterocycles. The first kappa shape index (κ1) is 20.0. The first-order valence-electron chi connectivity index (χ1n) is 8.68. The van der Waals surface area contributed by atoms with Gasteiger partial charge < -0.3 is 5.32 Å². The maximum atomic E-state index is 4.92. The summed E-state index contributed by atoms with van der Waals surface area (Å²) < 4.78 is 0. The quantitative estimate of drug-likeness (QED) is 0.641. The van der Waals surface area contributed by atoms with E-state index >= 15 is 0 Å². The second-order valence-corrected chi connectivity index (χ2v) is 6.11. The smallest absolute Gasteiger partial charge is 0.677 e. The molecule has 2 nitrogen and oxygen atoms in total. The van der Waals surface area contributed by atoms with E-state index in [9.17, 15) is 0 Å². The van der Waals surface area contributed by atoms with Crippen LogP contribution in [0.4, 0.5) is 5.69 Å². The van der Waals surface area contributed by atoms with Gasteiger partial charge >= 0.3 is 18.9 Å². The van der Waals surface area contributed by atoms with Gasteiger partial charge in [0.1, 0.15) is 0 Å². The number of hydrogen-bond acceptors (Lipinski definition) is 1. The van der Waals surface area contributed by atoms with Crippen LogP contribution in [0.3, 0.4) is 0 Å². The zero-order valence-corrected chi connectivity index (χ0v) is 15.7. The molecule has 0 heterocycles. The Bertz CT molecular complexity index is 863. The Kier molecular flexibility index (Phi) is 7.72. The minimum Gasteiger partial charge on any atom is -0.677 e. The molecule has 0 aromatic heterocycles. The van der Waals surface area contributed by atoms with Crippen LogP contribution < -0.4 is 24.2 Å². The summed E-state index contributed by atoms with van der Waals surface area (Å²) in [7, 11) is 0. The molecule has 0 saturated carbocycles. The molecule has 3 heteroatoms. The van der Waals surface area contributed by atoms with Gasteiger partial charge in [0.25, 0.3) is 0 Å². The number of nitrogens with zero attached hydrogens (tertiary/aromatic N) is 2. The van der Waals surface area contributed by atoms with Crippen LogP contribution in [-0.2, 0) is 0 Å². The van der Waals surface area contributed by atoms with Gasteiger partial charge in [-0.2, -0.15) is 0 Å². The predicted octanol–water partition coefficient (Wildman–Crippen LogP) is 3.12. The zero-order valence-electron chi connectivity index (χ0n) is 15.7. The van der Waals surface area contributed by atoms with Crippen LogP contribution in [0.2, 0.25) is 0 Å². The van der Waals surface area contributed by atoms with E-state index in [2.05, 4.69) is 62.4 Å². The molecular formula is C23H23LiN2. The third kappa shape index (κ3) is 5.36. The summed E-state index contributed by atoms with van der Waals surface area (Å²) >= 11 is 0. The molecule has 0 aliphatic heterocycles. The Hall–Kier alpha value is -2.27. The minimum atomic E-state index is 0. The number of benzene rings is 2. The van der Waals surface area contributed by atoms with Crippen LogP contribution in [0.5, 0.6) is 0 Å². The fourth-order valence-corrected chi connectivity index (χ4v) is 2.78. The first-order chi connectivity index (χ1) is 12.2. The molecule has 2 atom stereocenters. The summed E-state index contributed by atoms with van der Waals surface area (Å²) in [4.78, 5) is 4.92. The Balaban J connectivity index is 0.00000243. The SMILES string of the molecule is C[C@@H](N=c1cccccc1[N-][C@H](C)c1ccccc1)c1ccccc1.[Li+]. The van der Waals surface area contributed by atoms with Gasteiger partial charge in [-0.3, -0.25) is 4.99 Å².